The van der Waals surface area contributed by atoms with E-state index in [0.717, 1.165) is 32.1 Å². The zero-order valence-corrected chi connectivity index (χ0v) is 14.8. The number of nitrogens with zero attached hydrogens (tertiary/aromatic N) is 1. The summed E-state index contributed by atoms with van der Waals surface area (Å²) < 4.78 is 0. The molecule has 23 heavy (non-hydrogen) atoms. The van der Waals surface area contributed by atoms with Gasteiger partial charge in [-0.3, -0.25) is 9.59 Å². The number of amides is 1. The molecule has 0 aromatic heterocycles. The van der Waals surface area contributed by atoms with Crippen LogP contribution in [-0.2, 0) is 14.4 Å². The molecule has 0 rings (SSSR count). The minimum Gasteiger partial charge on any atom is -0.481 e. The Morgan fingerprint density at radius 3 is 1.91 bits per heavy atom. The van der Waals surface area contributed by atoms with Gasteiger partial charge >= 0.3 is 11.9 Å². The number of unbranched alkanes of at least 4 members (excludes halogenated alkanes) is 4. The standard InChI is InChI=1S/C13H23NO5.C3H9N/c1-2-3-4-5-6-7-11(15)14-10(13(18)19)8-9-12(16)17;1-4(2)3/h10H,2-9H2,1H3,(H,14,15)(H,16,17)(H,18,19);1-3H3/t10-;/m0./s1. The van der Waals surface area contributed by atoms with Gasteiger partial charge in [-0.05, 0) is 34.0 Å². The van der Waals surface area contributed by atoms with Gasteiger partial charge in [0.1, 0.15) is 6.04 Å². The molecule has 0 aromatic rings. The van der Waals surface area contributed by atoms with Crippen LogP contribution in [0.4, 0.5) is 0 Å². The second-order valence-electron chi connectivity index (χ2n) is 5.90. The second kappa shape index (κ2) is 15.3. The number of aliphatic carboxylic acids is 2. The Kier molecular flexibility index (Phi) is 15.7. The van der Waals surface area contributed by atoms with Crippen molar-refractivity contribution < 1.29 is 24.6 Å². The highest BCUT2D eigenvalue weighted by atomic mass is 16.4. The third-order valence-electron chi connectivity index (χ3n) is 2.79. The number of carboxylic acids is 2. The fourth-order valence-corrected chi connectivity index (χ4v) is 1.68. The molecule has 1 amide bonds. The monoisotopic (exact) mass is 332 g/mol. The lowest BCUT2D eigenvalue weighted by atomic mass is 10.1. The van der Waals surface area contributed by atoms with Crippen LogP contribution in [0.25, 0.3) is 0 Å². The van der Waals surface area contributed by atoms with E-state index in [1.165, 1.54) is 0 Å². The average molecular weight is 332 g/mol. The Hall–Kier alpha value is -1.63. The van der Waals surface area contributed by atoms with E-state index in [0.29, 0.717) is 6.42 Å². The number of carboxylic acid groups (broad SMARTS) is 2. The van der Waals surface area contributed by atoms with Crippen molar-refractivity contribution in [2.75, 3.05) is 21.1 Å². The van der Waals surface area contributed by atoms with Gasteiger partial charge < -0.3 is 20.4 Å². The first-order chi connectivity index (χ1) is 10.7. The van der Waals surface area contributed by atoms with Crippen molar-refractivity contribution in [3.05, 3.63) is 0 Å². The number of carbonyl (C=O) groups excluding carboxylic acids is 1. The van der Waals surface area contributed by atoms with E-state index in [1.807, 2.05) is 26.0 Å². The minimum atomic E-state index is -1.19. The highest BCUT2D eigenvalue weighted by Gasteiger charge is 2.20. The Morgan fingerprint density at radius 1 is 0.957 bits per heavy atom. The molecule has 0 unspecified atom stereocenters. The maximum atomic E-state index is 11.5. The number of carbonyl (C=O) groups is 3. The van der Waals surface area contributed by atoms with Gasteiger partial charge in [0.05, 0.1) is 0 Å². The second-order valence-corrected chi connectivity index (χ2v) is 5.90. The van der Waals surface area contributed by atoms with Crippen LogP contribution in [0.5, 0.6) is 0 Å². The molecule has 0 saturated heterocycles. The maximum absolute atomic E-state index is 11.5. The predicted molar refractivity (Wildman–Crippen MR) is 89.4 cm³/mol. The average Bonchev–Trinajstić information content (AvgIpc) is 2.42. The topological polar surface area (TPSA) is 107 Å². The molecule has 0 bridgehead atoms. The molecule has 0 spiro atoms. The molecule has 7 nitrogen and oxygen atoms in total. The third kappa shape index (κ3) is 20.4. The molecule has 0 saturated carbocycles. The van der Waals surface area contributed by atoms with Crippen LogP contribution in [-0.4, -0.2) is 60.1 Å². The van der Waals surface area contributed by atoms with E-state index in [9.17, 15) is 14.4 Å². The zero-order valence-electron chi connectivity index (χ0n) is 14.8. The molecular weight excluding hydrogens is 300 g/mol. The van der Waals surface area contributed by atoms with Crippen LogP contribution in [0.2, 0.25) is 0 Å². The zero-order chi connectivity index (χ0) is 18.3. The first-order valence-electron chi connectivity index (χ1n) is 8.05. The van der Waals surface area contributed by atoms with E-state index in [-0.39, 0.29) is 18.7 Å². The van der Waals surface area contributed by atoms with E-state index >= 15 is 0 Å². The molecule has 0 radical (unpaired) electrons. The van der Waals surface area contributed by atoms with Crippen molar-refractivity contribution in [1.29, 1.82) is 0 Å². The molecular formula is C16H32N2O5. The lowest BCUT2D eigenvalue weighted by molar-refractivity contribution is -0.143. The normalized spacial score (nSPS) is 11.3. The van der Waals surface area contributed by atoms with Crippen LogP contribution in [0, 0.1) is 0 Å². The van der Waals surface area contributed by atoms with E-state index < -0.39 is 18.0 Å². The van der Waals surface area contributed by atoms with Crippen molar-refractivity contribution in [2.24, 2.45) is 0 Å². The molecule has 0 aliphatic carbocycles. The van der Waals surface area contributed by atoms with Crippen molar-refractivity contribution in [3.8, 4) is 0 Å². The number of nitrogens with one attached hydrogen (secondary N) is 1. The lowest BCUT2D eigenvalue weighted by Gasteiger charge is -2.13. The van der Waals surface area contributed by atoms with Gasteiger partial charge in [0.15, 0.2) is 0 Å². The van der Waals surface area contributed by atoms with E-state index in [2.05, 4.69) is 12.2 Å². The fourth-order valence-electron chi connectivity index (χ4n) is 1.68. The van der Waals surface area contributed by atoms with Crippen LogP contribution in [0.1, 0.15) is 58.3 Å². The highest BCUT2D eigenvalue weighted by Crippen LogP contribution is 2.05. The van der Waals surface area contributed by atoms with Gasteiger partial charge in [0.25, 0.3) is 0 Å². The van der Waals surface area contributed by atoms with Crippen LogP contribution < -0.4 is 5.32 Å². The van der Waals surface area contributed by atoms with Gasteiger partial charge in [-0.25, -0.2) is 4.79 Å². The van der Waals surface area contributed by atoms with Gasteiger partial charge in [-0.2, -0.15) is 0 Å². The Balaban J connectivity index is 0. The smallest absolute Gasteiger partial charge is 0.326 e. The van der Waals surface area contributed by atoms with Crippen molar-refractivity contribution in [3.63, 3.8) is 0 Å². The summed E-state index contributed by atoms with van der Waals surface area (Å²) >= 11 is 0. The summed E-state index contributed by atoms with van der Waals surface area (Å²) in [4.78, 5) is 34.7. The summed E-state index contributed by atoms with van der Waals surface area (Å²) in [5.41, 5.74) is 0. The molecule has 1 atom stereocenters. The predicted octanol–water partition coefficient (Wildman–Crippen LogP) is 1.96. The van der Waals surface area contributed by atoms with Crippen LogP contribution in [0.15, 0.2) is 0 Å². The molecule has 0 aromatic carbocycles. The number of hydrogen-bond acceptors (Lipinski definition) is 4. The van der Waals surface area contributed by atoms with Crippen molar-refractivity contribution in [1.82, 2.24) is 10.2 Å². The fraction of sp³-hybridized carbons (Fsp3) is 0.812. The molecule has 0 fully saturated rings. The summed E-state index contributed by atoms with van der Waals surface area (Å²) in [5.74, 6) is -2.59. The van der Waals surface area contributed by atoms with Crippen LogP contribution in [0.3, 0.4) is 0 Å². The molecule has 0 aliphatic rings. The Morgan fingerprint density at radius 2 is 1.48 bits per heavy atom. The molecule has 0 heterocycles. The minimum absolute atomic E-state index is 0.0910. The summed E-state index contributed by atoms with van der Waals surface area (Å²) in [6, 6.07) is -1.11. The largest absolute Gasteiger partial charge is 0.481 e. The Bertz CT molecular complexity index is 343. The van der Waals surface area contributed by atoms with Crippen LogP contribution >= 0.6 is 0 Å². The van der Waals surface area contributed by atoms with Crippen molar-refractivity contribution in [2.45, 2.75) is 64.3 Å². The highest BCUT2D eigenvalue weighted by molar-refractivity contribution is 5.83. The Labute approximate surface area is 139 Å². The summed E-state index contributed by atoms with van der Waals surface area (Å²) in [5, 5.41) is 19.7. The third-order valence-corrected chi connectivity index (χ3v) is 2.79. The van der Waals surface area contributed by atoms with Gasteiger partial charge in [0.2, 0.25) is 5.91 Å². The summed E-state index contributed by atoms with van der Waals surface area (Å²) in [7, 11) is 6.00. The molecule has 7 heteroatoms. The van der Waals surface area contributed by atoms with E-state index in [1.54, 1.807) is 0 Å². The van der Waals surface area contributed by atoms with Gasteiger partial charge in [0, 0.05) is 12.8 Å². The molecule has 3 N–H and O–H groups in total. The lowest BCUT2D eigenvalue weighted by Crippen LogP contribution is -2.41. The first-order valence-corrected chi connectivity index (χ1v) is 8.05. The summed E-state index contributed by atoms with van der Waals surface area (Å²) in [6.07, 6.45) is 4.96. The van der Waals surface area contributed by atoms with Gasteiger partial charge in [-0.15, -0.1) is 0 Å². The maximum Gasteiger partial charge on any atom is 0.326 e. The van der Waals surface area contributed by atoms with Gasteiger partial charge in [-0.1, -0.05) is 32.6 Å². The van der Waals surface area contributed by atoms with Crippen molar-refractivity contribution >= 4 is 17.8 Å². The SMILES string of the molecule is CCCCCCCC(=O)N[C@@H](CCC(=O)O)C(=O)O.CN(C)C. The summed E-state index contributed by atoms with van der Waals surface area (Å²) in [6.45, 7) is 2.10. The number of rotatable bonds is 11. The first kappa shape index (κ1) is 23.6. The van der Waals surface area contributed by atoms with E-state index in [4.69, 9.17) is 10.2 Å². The molecule has 0 aliphatic heterocycles. The molecule has 136 valence electrons. The quantitative estimate of drug-likeness (QED) is 0.499. The number of hydrogen-bond donors (Lipinski definition) is 3.